The van der Waals surface area contributed by atoms with Crippen molar-refractivity contribution in [2.45, 2.75) is 17.4 Å². The van der Waals surface area contributed by atoms with Gasteiger partial charge in [0.05, 0.1) is 12.1 Å². The third-order valence-corrected chi connectivity index (χ3v) is 4.46. The smallest absolute Gasteiger partial charge is 0.276 e. The molecule has 0 saturated carbocycles. The number of rotatable bonds is 6. The highest BCUT2D eigenvalue weighted by atomic mass is 32.2. The molecule has 2 heterocycles. The largest absolute Gasteiger partial charge is 0.416 e. The van der Waals surface area contributed by atoms with Gasteiger partial charge in [-0.2, -0.15) is 0 Å². The number of thioether (sulfide) groups is 1. The van der Waals surface area contributed by atoms with Crippen LogP contribution < -0.4 is 0 Å². The van der Waals surface area contributed by atoms with Crippen molar-refractivity contribution in [3.05, 3.63) is 83.9 Å². The molecule has 0 unspecified atom stereocenters. The van der Waals surface area contributed by atoms with Crippen LogP contribution in [0.2, 0.25) is 0 Å². The summed E-state index contributed by atoms with van der Waals surface area (Å²) in [6.07, 6.45) is 0.635. The highest BCUT2D eigenvalue weighted by Gasteiger charge is 2.11. The van der Waals surface area contributed by atoms with Gasteiger partial charge >= 0.3 is 0 Å². The molecule has 4 rings (SSSR count). The number of hydrogen-bond donors (Lipinski definition) is 0. The molecule has 6 heteroatoms. The maximum Gasteiger partial charge on any atom is 0.276 e. The van der Waals surface area contributed by atoms with Gasteiger partial charge < -0.3 is 8.94 Å². The second kappa shape index (κ2) is 7.36. The predicted octanol–water partition coefficient (Wildman–Crippen LogP) is 4.61. The fourth-order valence-corrected chi connectivity index (χ4v) is 3.05. The maximum absolute atomic E-state index is 5.68. The molecule has 0 fully saturated rings. The third kappa shape index (κ3) is 3.97. The fourth-order valence-electron chi connectivity index (χ4n) is 2.39. The third-order valence-electron chi connectivity index (χ3n) is 3.61. The molecule has 0 amide bonds. The second-order valence-corrected chi connectivity index (χ2v) is 6.39. The number of nitrogens with zero attached hydrogens (tertiary/aromatic N) is 3. The van der Waals surface area contributed by atoms with Crippen LogP contribution in [0.4, 0.5) is 0 Å². The van der Waals surface area contributed by atoms with Gasteiger partial charge in [0.1, 0.15) is 0 Å². The summed E-state index contributed by atoms with van der Waals surface area (Å²) in [5.41, 5.74) is 2.99. The Kier molecular flexibility index (Phi) is 4.61. The molecule has 0 N–H and O–H groups in total. The zero-order valence-corrected chi connectivity index (χ0v) is 14.1. The van der Waals surface area contributed by atoms with E-state index in [1.54, 1.807) is 0 Å². The Hall–Kier alpha value is -2.86. The molecule has 0 radical (unpaired) electrons. The molecule has 2 aromatic heterocycles. The number of hydrogen-bond acceptors (Lipinski definition) is 6. The van der Waals surface area contributed by atoms with E-state index < -0.39 is 0 Å². The second-order valence-electron chi connectivity index (χ2n) is 5.46. The summed E-state index contributed by atoms with van der Waals surface area (Å²) >= 11 is 1.45. The number of aromatic nitrogens is 3. The van der Waals surface area contributed by atoms with Gasteiger partial charge in [0.15, 0.2) is 5.76 Å². The van der Waals surface area contributed by atoms with E-state index in [1.807, 2.05) is 66.7 Å². The molecule has 5 nitrogen and oxygen atoms in total. The molecule has 0 aliphatic heterocycles. The Morgan fingerprint density at radius 2 is 1.64 bits per heavy atom. The predicted molar refractivity (Wildman–Crippen MR) is 95.0 cm³/mol. The van der Waals surface area contributed by atoms with Crippen LogP contribution in [0.15, 0.2) is 80.9 Å². The summed E-state index contributed by atoms with van der Waals surface area (Å²) in [7, 11) is 0. The van der Waals surface area contributed by atoms with Gasteiger partial charge in [0.2, 0.25) is 5.89 Å². The first-order valence-corrected chi connectivity index (χ1v) is 8.85. The first-order chi connectivity index (χ1) is 12.4. The van der Waals surface area contributed by atoms with Gasteiger partial charge in [-0.1, -0.05) is 77.6 Å². The molecule has 124 valence electrons. The molecule has 0 spiro atoms. The lowest BCUT2D eigenvalue weighted by Crippen LogP contribution is -1.87. The monoisotopic (exact) mass is 349 g/mol. The van der Waals surface area contributed by atoms with Crippen molar-refractivity contribution in [1.29, 1.82) is 0 Å². The van der Waals surface area contributed by atoms with Crippen molar-refractivity contribution >= 4 is 11.8 Å². The molecule has 0 atom stereocenters. The van der Waals surface area contributed by atoms with E-state index in [9.17, 15) is 0 Å². The molecule has 0 saturated heterocycles. The minimum absolute atomic E-state index is 0.537. The Bertz CT molecular complexity index is 935. The molecule has 25 heavy (non-hydrogen) atoms. The molecule has 0 aliphatic rings. The highest BCUT2D eigenvalue weighted by molar-refractivity contribution is 7.98. The first kappa shape index (κ1) is 15.7. The van der Waals surface area contributed by atoms with Crippen LogP contribution in [-0.2, 0) is 12.2 Å². The summed E-state index contributed by atoms with van der Waals surface area (Å²) in [6.45, 7) is 0. The van der Waals surface area contributed by atoms with E-state index in [0.29, 0.717) is 23.3 Å². The van der Waals surface area contributed by atoms with Crippen molar-refractivity contribution < 1.29 is 8.94 Å². The minimum Gasteiger partial charge on any atom is -0.416 e. The summed E-state index contributed by atoms with van der Waals surface area (Å²) in [4.78, 5) is 0. The molecule has 0 aliphatic carbocycles. The standard InChI is InChI=1S/C19H15N3O2S/c1-3-7-14(8-4-1)11-18-20-21-19(23-18)25-13-16-12-17(24-22-16)15-9-5-2-6-10-15/h1-10,12H,11,13H2. The van der Waals surface area contributed by atoms with Crippen LogP contribution in [0.1, 0.15) is 17.1 Å². The first-order valence-electron chi connectivity index (χ1n) is 7.87. The fraction of sp³-hybridized carbons (Fsp3) is 0.105. The Labute approximate surface area is 149 Å². The van der Waals surface area contributed by atoms with E-state index in [4.69, 9.17) is 8.94 Å². The molecule has 0 bridgehead atoms. The average molecular weight is 349 g/mol. The lowest BCUT2D eigenvalue weighted by molar-refractivity contribution is 0.418. The molecule has 2 aromatic carbocycles. The van der Waals surface area contributed by atoms with E-state index in [-0.39, 0.29) is 0 Å². The summed E-state index contributed by atoms with van der Waals surface area (Å²) in [5.74, 6) is 1.98. The van der Waals surface area contributed by atoms with Crippen LogP contribution in [0.3, 0.4) is 0 Å². The van der Waals surface area contributed by atoms with Crippen LogP contribution in [0.25, 0.3) is 11.3 Å². The highest BCUT2D eigenvalue weighted by Crippen LogP contribution is 2.25. The summed E-state index contributed by atoms with van der Waals surface area (Å²) in [6, 6.07) is 21.9. The average Bonchev–Trinajstić information content (AvgIpc) is 3.31. The van der Waals surface area contributed by atoms with Crippen molar-refractivity contribution in [2.75, 3.05) is 0 Å². The number of benzene rings is 2. The van der Waals surface area contributed by atoms with Gasteiger partial charge in [-0.05, 0) is 5.56 Å². The molecular formula is C19H15N3O2S. The molecular weight excluding hydrogens is 334 g/mol. The SMILES string of the molecule is c1ccc(Cc2nnc(SCc3cc(-c4ccccc4)on3)o2)cc1. The van der Waals surface area contributed by atoms with Gasteiger partial charge in [0.25, 0.3) is 5.22 Å². The zero-order valence-electron chi connectivity index (χ0n) is 13.3. The Morgan fingerprint density at radius 3 is 2.44 bits per heavy atom. The van der Waals surface area contributed by atoms with E-state index >= 15 is 0 Å². The summed E-state index contributed by atoms with van der Waals surface area (Å²) < 4.78 is 11.1. The Balaban J connectivity index is 1.37. The van der Waals surface area contributed by atoms with Crippen LogP contribution in [0.5, 0.6) is 0 Å². The van der Waals surface area contributed by atoms with E-state index in [1.165, 1.54) is 11.8 Å². The zero-order chi connectivity index (χ0) is 16.9. The topological polar surface area (TPSA) is 65.0 Å². The maximum atomic E-state index is 5.68. The van der Waals surface area contributed by atoms with Gasteiger partial charge in [0, 0.05) is 17.4 Å². The van der Waals surface area contributed by atoms with Gasteiger partial charge in [-0.25, -0.2) is 0 Å². The normalized spacial score (nSPS) is 10.9. The van der Waals surface area contributed by atoms with Crippen molar-refractivity contribution in [2.24, 2.45) is 0 Å². The quantitative estimate of drug-likeness (QED) is 0.474. The van der Waals surface area contributed by atoms with Gasteiger partial charge in [-0.3, -0.25) is 0 Å². The molecule has 4 aromatic rings. The van der Waals surface area contributed by atoms with Crippen molar-refractivity contribution in [3.8, 4) is 11.3 Å². The van der Waals surface area contributed by atoms with Crippen LogP contribution in [0, 0.1) is 0 Å². The van der Waals surface area contributed by atoms with Crippen molar-refractivity contribution in [1.82, 2.24) is 15.4 Å². The van der Waals surface area contributed by atoms with E-state index in [2.05, 4.69) is 15.4 Å². The van der Waals surface area contributed by atoms with Crippen molar-refractivity contribution in [3.63, 3.8) is 0 Å². The van der Waals surface area contributed by atoms with E-state index in [0.717, 1.165) is 22.6 Å². The van der Waals surface area contributed by atoms with Gasteiger partial charge in [-0.15, -0.1) is 10.2 Å². The lowest BCUT2D eigenvalue weighted by Gasteiger charge is -1.95. The Morgan fingerprint density at radius 1 is 0.880 bits per heavy atom. The van der Waals surface area contributed by atoms with Crippen LogP contribution in [-0.4, -0.2) is 15.4 Å². The van der Waals surface area contributed by atoms with Crippen LogP contribution >= 0.6 is 11.8 Å². The minimum atomic E-state index is 0.537. The summed E-state index contributed by atoms with van der Waals surface area (Å²) in [5, 5.41) is 12.8. The lowest BCUT2D eigenvalue weighted by atomic mass is 10.2.